The Morgan fingerprint density at radius 3 is 2.71 bits per heavy atom. The first-order valence-corrected chi connectivity index (χ1v) is 6.94. The van der Waals surface area contributed by atoms with Crippen molar-refractivity contribution in [3.63, 3.8) is 0 Å². The summed E-state index contributed by atoms with van der Waals surface area (Å²) in [4.78, 5) is 4.50. The van der Waals surface area contributed by atoms with Crippen LogP contribution in [0.5, 0.6) is 0 Å². The first-order chi connectivity index (χ1) is 8.18. The van der Waals surface area contributed by atoms with Gasteiger partial charge in [0.05, 0.1) is 11.9 Å². The SMILES string of the molecule is CC(N)c1cnc(CCC2CCCCC2)n1C. The standard InChI is InChI=1S/C14H25N3/c1-11(15)13-10-16-14(17(13)2)9-8-12-6-4-3-5-7-12/h10-12H,3-9,15H2,1-2H3. The van der Waals surface area contributed by atoms with E-state index >= 15 is 0 Å². The third-order valence-electron chi connectivity index (χ3n) is 4.09. The minimum Gasteiger partial charge on any atom is -0.334 e. The van der Waals surface area contributed by atoms with Gasteiger partial charge < -0.3 is 10.3 Å². The van der Waals surface area contributed by atoms with Gasteiger partial charge in [0.15, 0.2) is 0 Å². The normalized spacial score (nSPS) is 19.5. The summed E-state index contributed by atoms with van der Waals surface area (Å²) in [6, 6.07) is 0.0796. The van der Waals surface area contributed by atoms with E-state index in [2.05, 4.69) is 16.6 Å². The number of aryl methyl sites for hydroxylation is 1. The number of imidazole rings is 1. The largest absolute Gasteiger partial charge is 0.334 e. The number of nitrogens with two attached hydrogens (primary N) is 1. The van der Waals surface area contributed by atoms with Gasteiger partial charge in [-0.3, -0.25) is 0 Å². The molecular formula is C14H25N3. The van der Waals surface area contributed by atoms with Gasteiger partial charge in [0.25, 0.3) is 0 Å². The van der Waals surface area contributed by atoms with Crippen molar-refractivity contribution in [3.8, 4) is 0 Å². The third kappa shape index (κ3) is 3.09. The Kier molecular flexibility index (Phi) is 4.21. The quantitative estimate of drug-likeness (QED) is 0.872. The summed E-state index contributed by atoms with van der Waals surface area (Å²) in [5.41, 5.74) is 7.05. The Hall–Kier alpha value is -0.830. The maximum absolute atomic E-state index is 5.91. The maximum Gasteiger partial charge on any atom is 0.108 e. The molecule has 0 saturated heterocycles. The van der Waals surface area contributed by atoms with E-state index in [0.717, 1.165) is 18.0 Å². The van der Waals surface area contributed by atoms with E-state index in [1.165, 1.54) is 44.3 Å². The Bertz CT molecular complexity index is 348. The summed E-state index contributed by atoms with van der Waals surface area (Å²) in [5, 5.41) is 0. The van der Waals surface area contributed by atoms with Gasteiger partial charge in [0, 0.05) is 19.5 Å². The highest BCUT2D eigenvalue weighted by Crippen LogP contribution is 2.27. The first kappa shape index (κ1) is 12.6. The van der Waals surface area contributed by atoms with Gasteiger partial charge >= 0.3 is 0 Å². The topological polar surface area (TPSA) is 43.8 Å². The molecule has 0 spiro atoms. The summed E-state index contributed by atoms with van der Waals surface area (Å²) < 4.78 is 2.17. The molecule has 0 amide bonds. The van der Waals surface area contributed by atoms with Gasteiger partial charge in [-0.1, -0.05) is 32.1 Å². The van der Waals surface area contributed by atoms with Crippen molar-refractivity contribution in [2.75, 3.05) is 0 Å². The zero-order chi connectivity index (χ0) is 12.3. The molecular weight excluding hydrogens is 210 g/mol. The number of hydrogen-bond acceptors (Lipinski definition) is 2. The van der Waals surface area contributed by atoms with Crippen LogP contribution in [0.3, 0.4) is 0 Å². The lowest BCUT2D eigenvalue weighted by Gasteiger charge is -2.21. The van der Waals surface area contributed by atoms with E-state index in [9.17, 15) is 0 Å². The molecule has 1 heterocycles. The fourth-order valence-electron chi connectivity index (χ4n) is 2.93. The summed E-state index contributed by atoms with van der Waals surface area (Å²) in [5.74, 6) is 2.13. The van der Waals surface area contributed by atoms with Crippen molar-refractivity contribution < 1.29 is 0 Å². The molecule has 0 aliphatic heterocycles. The zero-order valence-corrected chi connectivity index (χ0v) is 11.2. The molecule has 0 radical (unpaired) electrons. The molecule has 1 saturated carbocycles. The van der Waals surface area contributed by atoms with Crippen molar-refractivity contribution in [1.82, 2.24) is 9.55 Å². The van der Waals surface area contributed by atoms with Gasteiger partial charge in [-0.2, -0.15) is 0 Å². The van der Waals surface area contributed by atoms with Gasteiger partial charge in [-0.05, 0) is 19.3 Å². The van der Waals surface area contributed by atoms with Crippen LogP contribution in [-0.4, -0.2) is 9.55 Å². The Morgan fingerprint density at radius 2 is 2.12 bits per heavy atom. The van der Waals surface area contributed by atoms with Gasteiger partial charge in [0.1, 0.15) is 5.82 Å². The van der Waals surface area contributed by atoms with Crippen LogP contribution in [0.1, 0.15) is 63.0 Å². The molecule has 1 aromatic rings. The minimum atomic E-state index is 0.0796. The number of hydrogen-bond donors (Lipinski definition) is 1. The molecule has 3 nitrogen and oxygen atoms in total. The van der Waals surface area contributed by atoms with Crippen LogP contribution in [0.2, 0.25) is 0 Å². The number of aromatic nitrogens is 2. The molecule has 1 aromatic heterocycles. The van der Waals surface area contributed by atoms with E-state index in [1.54, 1.807) is 0 Å². The van der Waals surface area contributed by atoms with Gasteiger partial charge in [-0.25, -0.2) is 4.98 Å². The Labute approximate surface area is 104 Å². The van der Waals surface area contributed by atoms with Crippen molar-refractivity contribution in [2.45, 2.75) is 57.9 Å². The predicted octanol–water partition coefficient (Wildman–Crippen LogP) is 2.95. The molecule has 1 aliphatic carbocycles. The second-order valence-electron chi connectivity index (χ2n) is 5.49. The van der Waals surface area contributed by atoms with E-state index in [-0.39, 0.29) is 6.04 Å². The second-order valence-corrected chi connectivity index (χ2v) is 5.49. The molecule has 1 aliphatic rings. The number of nitrogens with zero attached hydrogens (tertiary/aromatic N) is 2. The second kappa shape index (κ2) is 5.67. The van der Waals surface area contributed by atoms with Crippen LogP contribution in [0.25, 0.3) is 0 Å². The van der Waals surface area contributed by atoms with Crippen molar-refractivity contribution in [2.24, 2.45) is 18.7 Å². The highest BCUT2D eigenvalue weighted by Gasteiger charge is 2.15. The summed E-state index contributed by atoms with van der Waals surface area (Å²) in [7, 11) is 2.09. The van der Waals surface area contributed by atoms with Crippen LogP contribution in [0, 0.1) is 5.92 Å². The smallest absolute Gasteiger partial charge is 0.108 e. The first-order valence-electron chi connectivity index (χ1n) is 6.94. The average molecular weight is 235 g/mol. The summed E-state index contributed by atoms with van der Waals surface area (Å²) in [6.45, 7) is 2.02. The highest BCUT2D eigenvalue weighted by molar-refractivity contribution is 5.08. The van der Waals surface area contributed by atoms with Crippen LogP contribution in [0.4, 0.5) is 0 Å². The van der Waals surface area contributed by atoms with Crippen LogP contribution >= 0.6 is 0 Å². The lowest BCUT2D eigenvalue weighted by Crippen LogP contribution is -2.13. The zero-order valence-electron chi connectivity index (χ0n) is 11.2. The van der Waals surface area contributed by atoms with Gasteiger partial charge in [-0.15, -0.1) is 0 Å². The van der Waals surface area contributed by atoms with Crippen molar-refractivity contribution in [1.29, 1.82) is 0 Å². The Balaban J connectivity index is 1.90. The molecule has 0 bridgehead atoms. The molecule has 0 aromatic carbocycles. The van der Waals surface area contributed by atoms with Crippen LogP contribution in [0.15, 0.2) is 6.20 Å². The number of rotatable bonds is 4. The lowest BCUT2D eigenvalue weighted by atomic mass is 9.86. The van der Waals surface area contributed by atoms with E-state index < -0.39 is 0 Å². The monoisotopic (exact) mass is 235 g/mol. The Morgan fingerprint density at radius 1 is 1.41 bits per heavy atom. The molecule has 2 rings (SSSR count). The van der Waals surface area contributed by atoms with Crippen LogP contribution < -0.4 is 5.73 Å². The maximum atomic E-state index is 5.91. The molecule has 1 atom stereocenters. The van der Waals surface area contributed by atoms with Crippen LogP contribution in [-0.2, 0) is 13.5 Å². The van der Waals surface area contributed by atoms with Crippen molar-refractivity contribution in [3.05, 3.63) is 17.7 Å². The molecule has 96 valence electrons. The fourth-order valence-corrected chi connectivity index (χ4v) is 2.93. The summed E-state index contributed by atoms with van der Waals surface area (Å²) in [6.07, 6.45) is 11.5. The van der Waals surface area contributed by atoms with E-state index in [1.807, 2.05) is 13.1 Å². The average Bonchev–Trinajstić information content (AvgIpc) is 2.69. The molecule has 2 N–H and O–H groups in total. The van der Waals surface area contributed by atoms with E-state index in [4.69, 9.17) is 5.73 Å². The molecule has 1 unspecified atom stereocenters. The van der Waals surface area contributed by atoms with Gasteiger partial charge in [0.2, 0.25) is 0 Å². The molecule has 17 heavy (non-hydrogen) atoms. The third-order valence-corrected chi connectivity index (χ3v) is 4.09. The van der Waals surface area contributed by atoms with E-state index in [0.29, 0.717) is 0 Å². The highest BCUT2D eigenvalue weighted by atomic mass is 15.1. The lowest BCUT2D eigenvalue weighted by molar-refractivity contribution is 0.336. The summed E-state index contributed by atoms with van der Waals surface area (Å²) >= 11 is 0. The predicted molar refractivity (Wildman–Crippen MR) is 70.7 cm³/mol. The minimum absolute atomic E-state index is 0.0796. The fraction of sp³-hybridized carbons (Fsp3) is 0.786. The molecule has 3 heteroatoms. The van der Waals surface area contributed by atoms with Crippen molar-refractivity contribution >= 4 is 0 Å². The molecule has 1 fully saturated rings.